The molecule has 1 N–H and O–H groups in total. The molecule has 0 amide bonds. The third kappa shape index (κ3) is 5.63. The van der Waals surface area contributed by atoms with Crippen molar-refractivity contribution in [3.8, 4) is 11.5 Å². The number of nitrogens with zero attached hydrogens (tertiary/aromatic N) is 2. The van der Waals surface area contributed by atoms with Crippen LogP contribution in [-0.4, -0.2) is 70.7 Å². The fraction of sp³-hybridized carbons (Fsp3) is 0.611. The number of hydrogen-bond donors (Lipinski definition) is 1. The van der Waals surface area contributed by atoms with Crippen molar-refractivity contribution in [3.63, 3.8) is 0 Å². The van der Waals surface area contributed by atoms with Crippen molar-refractivity contribution in [2.45, 2.75) is 25.0 Å². The zero-order valence-electron chi connectivity index (χ0n) is 16.6. The van der Waals surface area contributed by atoms with Crippen LogP contribution in [0.1, 0.15) is 19.4 Å². The molecule has 0 unspecified atom stereocenters. The molecule has 1 aromatic carbocycles. The molecule has 1 saturated heterocycles. The molecule has 154 valence electrons. The zero-order valence-corrected chi connectivity index (χ0v) is 19.8. The van der Waals surface area contributed by atoms with Gasteiger partial charge in [0.2, 0.25) is 0 Å². The number of benzene rings is 1. The van der Waals surface area contributed by atoms with Crippen LogP contribution in [0.25, 0.3) is 0 Å². The second-order valence-corrected chi connectivity index (χ2v) is 9.66. The molecule has 9 heteroatoms. The Kier molecular flexibility index (Phi) is 8.65. The Morgan fingerprint density at radius 2 is 1.93 bits per heavy atom. The summed E-state index contributed by atoms with van der Waals surface area (Å²) in [5, 5.41) is 3.33. The van der Waals surface area contributed by atoms with Crippen LogP contribution in [0.2, 0.25) is 0 Å². The first-order valence-corrected chi connectivity index (χ1v) is 10.3. The van der Waals surface area contributed by atoms with Gasteiger partial charge < -0.3 is 19.7 Å². The van der Waals surface area contributed by atoms with E-state index in [-0.39, 0.29) is 29.7 Å². The lowest BCUT2D eigenvalue weighted by atomic mass is 10.1. The van der Waals surface area contributed by atoms with E-state index >= 15 is 0 Å². The fourth-order valence-corrected chi connectivity index (χ4v) is 4.38. The predicted octanol–water partition coefficient (Wildman–Crippen LogP) is 1.95. The summed E-state index contributed by atoms with van der Waals surface area (Å²) in [7, 11) is 1.89. The van der Waals surface area contributed by atoms with E-state index in [1.807, 2.05) is 23.1 Å². The summed E-state index contributed by atoms with van der Waals surface area (Å²) >= 11 is 0. The summed E-state index contributed by atoms with van der Waals surface area (Å²) in [5.74, 6) is 2.29. The highest BCUT2D eigenvalue weighted by Gasteiger charge is 2.40. The van der Waals surface area contributed by atoms with Crippen molar-refractivity contribution in [3.05, 3.63) is 23.8 Å². The monoisotopic (exact) mass is 511 g/mol. The van der Waals surface area contributed by atoms with E-state index in [0.29, 0.717) is 31.1 Å². The van der Waals surface area contributed by atoms with E-state index in [1.54, 1.807) is 35.1 Å². The van der Waals surface area contributed by atoms with Gasteiger partial charge in [0.15, 0.2) is 27.3 Å². The molecule has 0 saturated carbocycles. The van der Waals surface area contributed by atoms with E-state index in [4.69, 9.17) is 9.47 Å². The first-order chi connectivity index (χ1) is 12.2. The minimum absolute atomic E-state index is 0. The summed E-state index contributed by atoms with van der Waals surface area (Å²) in [4.78, 5) is 6.32. The summed E-state index contributed by atoms with van der Waals surface area (Å²) < 4.78 is 34.1. The van der Waals surface area contributed by atoms with Crippen LogP contribution in [0.5, 0.6) is 11.5 Å². The van der Waals surface area contributed by atoms with Crippen molar-refractivity contribution in [2.24, 2.45) is 4.99 Å². The Balaban J connectivity index is 0.00000364. The second kappa shape index (κ2) is 9.81. The average molecular weight is 511 g/mol. The van der Waals surface area contributed by atoms with Gasteiger partial charge in [0.1, 0.15) is 0 Å². The number of rotatable bonds is 5. The van der Waals surface area contributed by atoms with Crippen LogP contribution in [-0.2, 0) is 16.3 Å². The molecule has 27 heavy (non-hydrogen) atoms. The molecule has 0 spiro atoms. The molecule has 1 aromatic rings. The lowest BCUT2D eigenvalue weighted by molar-refractivity contribution is 0.353. The van der Waals surface area contributed by atoms with E-state index in [0.717, 1.165) is 17.9 Å². The van der Waals surface area contributed by atoms with Gasteiger partial charge in [-0.2, -0.15) is 0 Å². The normalized spacial score (nSPS) is 18.4. The van der Waals surface area contributed by atoms with Crippen molar-refractivity contribution < 1.29 is 17.9 Å². The number of nitrogens with one attached hydrogen (secondary N) is 1. The summed E-state index contributed by atoms with van der Waals surface area (Å²) in [6.45, 7) is 5.12. The summed E-state index contributed by atoms with van der Waals surface area (Å²) in [6, 6.07) is 5.85. The first-order valence-electron chi connectivity index (χ1n) is 8.63. The number of ether oxygens (including phenoxy) is 2. The molecular formula is C18H30IN3O4S. The molecule has 0 bridgehead atoms. The van der Waals surface area contributed by atoms with E-state index in [2.05, 4.69) is 10.3 Å². The lowest BCUT2D eigenvalue weighted by Gasteiger charge is -2.39. The molecule has 0 radical (unpaired) electrons. The van der Waals surface area contributed by atoms with Crippen LogP contribution in [0, 0.1) is 0 Å². The molecule has 1 fully saturated rings. The number of sulfone groups is 1. The molecule has 1 aliphatic heterocycles. The molecular weight excluding hydrogens is 481 g/mol. The number of hydrogen-bond acceptors (Lipinski definition) is 5. The number of aliphatic imine (C=N–C) groups is 1. The SMILES string of the molecule is CN=C(NCCc1ccc(OC)c(OC)c1)N1CCS(=O)(=O)C(C)(C)C1.I. The molecule has 1 heterocycles. The minimum Gasteiger partial charge on any atom is -0.493 e. The maximum absolute atomic E-state index is 12.2. The molecule has 0 aliphatic carbocycles. The van der Waals surface area contributed by atoms with Crippen molar-refractivity contribution in [1.29, 1.82) is 0 Å². The van der Waals surface area contributed by atoms with Crippen LogP contribution >= 0.6 is 24.0 Å². The van der Waals surface area contributed by atoms with Gasteiger partial charge in [-0.1, -0.05) is 6.07 Å². The number of methoxy groups -OCH3 is 2. The predicted molar refractivity (Wildman–Crippen MR) is 119 cm³/mol. The Morgan fingerprint density at radius 3 is 2.48 bits per heavy atom. The van der Waals surface area contributed by atoms with Gasteiger partial charge in [-0.15, -0.1) is 24.0 Å². The van der Waals surface area contributed by atoms with Gasteiger partial charge >= 0.3 is 0 Å². The van der Waals surface area contributed by atoms with Crippen LogP contribution in [0.3, 0.4) is 0 Å². The van der Waals surface area contributed by atoms with Crippen molar-refractivity contribution in [2.75, 3.05) is 46.7 Å². The van der Waals surface area contributed by atoms with Gasteiger partial charge in [-0.25, -0.2) is 8.42 Å². The van der Waals surface area contributed by atoms with Crippen LogP contribution in [0.15, 0.2) is 23.2 Å². The second-order valence-electron chi connectivity index (χ2n) is 6.91. The summed E-state index contributed by atoms with van der Waals surface area (Å²) in [6.07, 6.45) is 0.787. The van der Waals surface area contributed by atoms with Crippen LogP contribution < -0.4 is 14.8 Å². The lowest BCUT2D eigenvalue weighted by Crippen LogP contribution is -2.57. The zero-order chi connectivity index (χ0) is 19.4. The van der Waals surface area contributed by atoms with Crippen molar-refractivity contribution in [1.82, 2.24) is 10.2 Å². The largest absolute Gasteiger partial charge is 0.493 e. The van der Waals surface area contributed by atoms with Gasteiger partial charge in [-0.3, -0.25) is 4.99 Å². The number of halogens is 1. The standard InChI is InChI=1S/C18H29N3O4S.HI/c1-18(2)13-21(10-11-26(18,22)23)17(19-3)20-9-8-14-6-7-15(24-4)16(12-14)25-5;/h6-7,12H,8-11,13H2,1-5H3,(H,19,20);1H. The highest BCUT2D eigenvalue weighted by atomic mass is 127. The van der Waals surface area contributed by atoms with Crippen LogP contribution in [0.4, 0.5) is 0 Å². The third-order valence-corrected chi connectivity index (χ3v) is 7.23. The highest BCUT2D eigenvalue weighted by molar-refractivity contribution is 14.0. The van der Waals surface area contributed by atoms with Gasteiger partial charge in [-0.05, 0) is 38.0 Å². The third-order valence-electron chi connectivity index (χ3n) is 4.70. The number of guanidine groups is 1. The smallest absolute Gasteiger partial charge is 0.193 e. The quantitative estimate of drug-likeness (QED) is 0.370. The highest BCUT2D eigenvalue weighted by Crippen LogP contribution is 2.27. The Bertz CT molecular complexity index is 766. The van der Waals surface area contributed by atoms with Gasteiger partial charge in [0.25, 0.3) is 0 Å². The molecule has 0 aromatic heterocycles. The molecule has 1 aliphatic rings. The Morgan fingerprint density at radius 1 is 1.26 bits per heavy atom. The maximum atomic E-state index is 12.2. The molecule has 2 rings (SSSR count). The first kappa shape index (κ1) is 23.8. The fourth-order valence-electron chi connectivity index (χ4n) is 3.01. The summed E-state index contributed by atoms with van der Waals surface area (Å²) in [5.41, 5.74) is 1.12. The van der Waals surface area contributed by atoms with E-state index < -0.39 is 14.6 Å². The van der Waals surface area contributed by atoms with Crippen molar-refractivity contribution >= 4 is 39.8 Å². The van der Waals surface area contributed by atoms with Gasteiger partial charge in [0.05, 0.1) is 24.7 Å². The topological polar surface area (TPSA) is 80.2 Å². The average Bonchev–Trinajstić information content (AvgIpc) is 2.61. The van der Waals surface area contributed by atoms with E-state index in [1.165, 1.54) is 0 Å². The maximum Gasteiger partial charge on any atom is 0.193 e. The van der Waals surface area contributed by atoms with E-state index in [9.17, 15) is 8.42 Å². The van der Waals surface area contributed by atoms with Gasteiger partial charge in [0, 0.05) is 26.7 Å². The Labute approximate surface area is 179 Å². The molecule has 7 nitrogen and oxygen atoms in total. The molecule has 0 atom stereocenters. The minimum atomic E-state index is -3.06. The Hall–Kier alpha value is -1.23.